The second-order valence-corrected chi connectivity index (χ2v) is 12.3. The van der Waals surface area contributed by atoms with Crippen LogP contribution in [0.2, 0.25) is 0 Å². The molecule has 0 heterocycles. The summed E-state index contributed by atoms with van der Waals surface area (Å²) in [4.78, 5) is 28.4. The van der Waals surface area contributed by atoms with Crippen LogP contribution < -0.4 is 0 Å². The number of carbonyl (C=O) groups excluding carboxylic acids is 2. The van der Waals surface area contributed by atoms with Gasteiger partial charge in [0.05, 0.1) is 24.4 Å². The first-order valence-electron chi connectivity index (χ1n) is 13.7. The summed E-state index contributed by atoms with van der Waals surface area (Å²) in [7, 11) is 1.63. The first-order valence-corrected chi connectivity index (χ1v) is 13.7. The smallest absolute Gasteiger partial charge is 0.223 e. The summed E-state index contributed by atoms with van der Waals surface area (Å²) in [6.45, 7) is 11.0. The normalized spacial score (nSPS) is 42.6. The van der Waals surface area contributed by atoms with Crippen LogP contribution in [-0.4, -0.2) is 76.0 Å². The van der Waals surface area contributed by atoms with Crippen molar-refractivity contribution in [3.05, 3.63) is 24.3 Å². The average Bonchev–Trinajstić information content (AvgIpc) is 3.11. The van der Waals surface area contributed by atoms with Crippen molar-refractivity contribution in [1.29, 1.82) is 0 Å². The summed E-state index contributed by atoms with van der Waals surface area (Å²) in [5.41, 5.74) is -1.27. The highest BCUT2D eigenvalue weighted by Gasteiger charge is 2.67. The van der Waals surface area contributed by atoms with Crippen molar-refractivity contribution in [2.24, 2.45) is 28.6 Å². The summed E-state index contributed by atoms with van der Waals surface area (Å²) in [6.07, 6.45) is 6.30. The largest absolute Gasteiger partial charge is 0.390 e. The Hall–Kier alpha value is -1.54. The van der Waals surface area contributed by atoms with Gasteiger partial charge in [0.1, 0.15) is 0 Å². The number of nitrogens with zero attached hydrogens (tertiary/aromatic N) is 1. The van der Waals surface area contributed by atoms with E-state index in [4.69, 9.17) is 4.74 Å². The number of carbonyl (C=O) groups is 2. The lowest BCUT2D eigenvalue weighted by atomic mass is 9.46. The van der Waals surface area contributed by atoms with Crippen LogP contribution in [0.15, 0.2) is 24.3 Å². The number of allylic oxidation sites excluding steroid dienone is 2. The van der Waals surface area contributed by atoms with Crippen molar-refractivity contribution in [3.8, 4) is 0 Å². The van der Waals surface area contributed by atoms with Crippen LogP contribution in [0.5, 0.6) is 0 Å². The molecule has 3 fully saturated rings. The van der Waals surface area contributed by atoms with E-state index in [1.165, 1.54) is 0 Å². The fourth-order valence-electron chi connectivity index (χ4n) is 8.52. The first-order chi connectivity index (χ1) is 16.9. The average molecular weight is 504 g/mol. The Balaban J connectivity index is 1.65. The molecule has 7 heteroatoms. The minimum absolute atomic E-state index is 0.00620. The van der Waals surface area contributed by atoms with Gasteiger partial charge in [0.25, 0.3) is 0 Å². The summed E-state index contributed by atoms with van der Waals surface area (Å²) >= 11 is 0. The van der Waals surface area contributed by atoms with E-state index >= 15 is 0 Å². The summed E-state index contributed by atoms with van der Waals surface area (Å²) < 4.78 is 5.30. The van der Waals surface area contributed by atoms with Gasteiger partial charge in [0.15, 0.2) is 5.78 Å². The van der Waals surface area contributed by atoms with E-state index in [1.54, 1.807) is 19.3 Å². The zero-order valence-corrected chi connectivity index (χ0v) is 22.4. The number of methoxy groups -OCH3 is 1. The molecule has 202 valence electrons. The zero-order chi connectivity index (χ0) is 26.5. The quantitative estimate of drug-likeness (QED) is 0.440. The van der Waals surface area contributed by atoms with Gasteiger partial charge in [-0.2, -0.15) is 0 Å². The molecule has 0 spiro atoms. The molecule has 0 bridgehead atoms. The van der Waals surface area contributed by atoms with Gasteiger partial charge in [-0.3, -0.25) is 9.59 Å². The molecule has 4 rings (SSSR count). The molecule has 0 aromatic heterocycles. The van der Waals surface area contributed by atoms with Crippen LogP contribution in [0.4, 0.5) is 0 Å². The van der Waals surface area contributed by atoms with Crippen LogP contribution >= 0.6 is 0 Å². The number of hydrogen-bond acceptors (Lipinski definition) is 6. The van der Waals surface area contributed by atoms with Gasteiger partial charge in [-0.05, 0) is 80.8 Å². The maximum Gasteiger partial charge on any atom is 0.223 e. The number of ketones is 1. The molecular weight excluding hydrogens is 458 g/mol. The lowest BCUT2D eigenvalue weighted by Crippen LogP contribution is -2.61. The third-order valence-corrected chi connectivity index (χ3v) is 10.7. The maximum absolute atomic E-state index is 13.4. The molecule has 36 heavy (non-hydrogen) atoms. The van der Waals surface area contributed by atoms with E-state index < -0.39 is 28.6 Å². The minimum Gasteiger partial charge on any atom is -0.390 e. The highest BCUT2D eigenvalue weighted by molar-refractivity contribution is 5.95. The monoisotopic (exact) mass is 503 g/mol. The van der Waals surface area contributed by atoms with Crippen molar-refractivity contribution in [2.75, 3.05) is 20.3 Å². The Morgan fingerprint density at radius 1 is 1.25 bits per heavy atom. The number of fused-ring (bicyclic) bond motifs is 5. The van der Waals surface area contributed by atoms with Crippen molar-refractivity contribution in [3.63, 3.8) is 0 Å². The van der Waals surface area contributed by atoms with E-state index in [-0.39, 0.29) is 41.9 Å². The highest BCUT2D eigenvalue weighted by Crippen LogP contribution is 2.67. The highest BCUT2D eigenvalue weighted by atomic mass is 16.5. The molecule has 4 aliphatic carbocycles. The Kier molecular flexibility index (Phi) is 7.62. The Morgan fingerprint density at radius 3 is 2.64 bits per heavy atom. The fraction of sp³-hybridized carbons (Fsp3) is 0.793. The Bertz CT molecular complexity index is 917. The van der Waals surface area contributed by atoms with Gasteiger partial charge in [0, 0.05) is 37.5 Å². The molecule has 0 aliphatic heterocycles. The number of aliphatic hydroxyl groups excluding tert-OH is 2. The van der Waals surface area contributed by atoms with Crippen molar-refractivity contribution in [2.45, 2.75) is 96.0 Å². The van der Waals surface area contributed by atoms with Crippen molar-refractivity contribution >= 4 is 11.7 Å². The molecule has 0 aromatic carbocycles. The first kappa shape index (κ1) is 27.5. The van der Waals surface area contributed by atoms with Gasteiger partial charge in [0.2, 0.25) is 5.91 Å². The number of aliphatic hydroxyl groups is 3. The second-order valence-electron chi connectivity index (χ2n) is 12.3. The van der Waals surface area contributed by atoms with Crippen LogP contribution in [0.3, 0.4) is 0 Å². The second kappa shape index (κ2) is 9.97. The topological polar surface area (TPSA) is 107 Å². The third-order valence-electron chi connectivity index (χ3n) is 10.7. The molecule has 9 atom stereocenters. The summed E-state index contributed by atoms with van der Waals surface area (Å²) in [5.74, 6) is -0.225. The van der Waals surface area contributed by atoms with Crippen LogP contribution in [-0.2, 0) is 14.3 Å². The van der Waals surface area contributed by atoms with E-state index in [9.17, 15) is 24.9 Å². The number of amides is 1. The van der Waals surface area contributed by atoms with Crippen molar-refractivity contribution < 1.29 is 29.6 Å². The summed E-state index contributed by atoms with van der Waals surface area (Å²) in [6, 6.07) is -0.0806. The van der Waals surface area contributed by atoms with E-state index in [2.05, 4.69) is 27.4 Å². The van der Waals surface area contributed by atoms with E-state index in [0.717, 1.165) is 24.8 Å². The van der Waals surface area contributed by atoms with Gasteiger partial charge in [-0.25, -0.2) is 0 Å². The van der Waals surface area contributed by atoms with Gasteiger partial charge in [-0.15, -0.1) is 6.58 Å². The van der Waals surface area contributed by atoms with E-state index in [1.807, 2.05) is 4.90 Å². The SMILES string of the molecule is C=CCCC(=O)N(CCOC)C(C)C1CCC2(O)C3=CC(=O)C4CC(O)C(O)CC4(C)C3CCC12C. The molecular formula is C29H45NO6. The Labute approximate surface area is 215 Å². The molecule has 0 saturated heterocycles. The zero-order valence-electron chi connectivity index (χ0n) is 22.4. The standard InChI is InChI=1S/C29H45NO6/c1-6-7-8-26(34)30(13-14-36-5)18(2)19-10-12-29(35)21-15-23(31)22-16-24(32)25(33)17-27(22,3)20(21)9-11-28(19,29)4/h6,15,18-20,22,24-25,32-33,35H,1,7-14,16-17H2,2-5H3. The summed E-state index contributed by atoms with van der Waals surface area (Å²) in [5, 5.41) is 33.2. The Morgan fingerprint density at radius 2 is 1.97 bits per heavy atom. The predicted octanol–water partition coefficient (Wildman–Crippen LogP) is 3.02. The molecule has 3 N–H and O–H groups in total. The molecule has 4 aliphatic rings. The molecule has 9 unspecified atom stereocenters. The molecule has 0 radical (unpaired) electrons. The fourth-order valence-corrected chi connectivity index (χ4v) is 8.52. The third kappa shape index (κ3) is 4.11. The van der Waals surface area contributed by atoms with Crippen LogP contribution in [0.1, 0.15) is 72.1 Å². The van der Waals surface area contributed by atoms with Crippen LogP contribution in [0.25, 0.3) is 0 Å². The van der Waals surface area contributed by atoms with Crippen molar-refractivity contribution in [1.82, 2.24) is 4.90 Å². The molecule has 1 amide bonds. The lowest BCUT2D eigenvalue weighted by Gasteiger charge is -2.60. The predicted molar refractivity (Wildman–Crippen MR) is 137 cm³/mol. The number of ether oxygens (including phenoxy) is 1. The maximum atomic E-state index is 13.4. The van der Waals surface area contributed by atoms with Crippen LogP contribution in [0, 0.1) is 28.6 Å². The van der Waals surface area contributed by atoms with Gasteiger partial charge < -0.3 is 25.0 Å². The van der Waals surface area contributed by atoms with E-state index in [0.29, 0.717) is 38.8 Å². The lowest BCUT2D eigenvalue weighted by molar-refractivity contribution is -0.154. The number of rotatable bonds is 8. The molecule has 7 nitrogen and oxygen atoms in total. The minimum atomic E-state index is -1.13. The molecule has 3 saturated carbocycles. The molecule has 0 aromatic rings. The van der Waals surface area contributed by atoms with Gasteiger partial charge in [-0.1, -0.05) is 19.9 Å². The number of hydrogen-bond donors (Lipinski definition) is 3. The van der Waals surface area contributed by atoms with Gasteiger partial charge >= 0.3 is 0 Å².